The van der Waals surface area contributed by atoms with Crippen LogP contribution in [-0.2, 0) is 6.54 Å². The molecule has 1 unspecified atom stereocenters. The normalized spacial score (nSPS) is 18.4. The first kappa shape index (κ1) is 16.6. The summed E-state index contributed by atoms with van der Waals surface area (Å²) in [6.07, 6.45) is 0.869. The van der Waals surface area contributed by atoms with E-state index in [4.69, 9.17) is 9.84 Å². The lowest BCUT2D eigenvalue weighted by Crippen LogP contribution is -2.38. The molecule has 1 fully saturated rings. The maximum atomic E-state index is 12.2. The van der Waals surface area contributed by atoms with E-state index < -0.39 is 0 Å². The van der Waals surface area contributed by atoms with Gasteiger partial charge in [0.1, 0.15) is 11.4 Å². The number of rotatable bonds is 4. The number of urea groups is 1. The van der Waals surface area contributed by atoms with Gasteiger partial charge in [-0.05, 0) is 33.3 Å². The van der Waals surface area contributed by atoms with E-state index in [1.165, 1.54) is 0 Å². The second-order valence-electron chi connectivity index (χ2n) is 6.76. The van der Waals surface area contributed by atoms with Crippen molar-refractivity contribution >= 4 is 6.03 Å². The number of hydrogen-bond donors (Lipinski definition) is 2. The van der Waals surface area contributed by atoms with Crippen LogP contribution in [0.3, 0.4) is 0 Å². The van der Waals surface area contributed by atoms with E-state index in [2.05, 4.69) is 5.32 Å². The zero-order valence-electron chi connectivity index (χ0n) is 13.6. The predicted octanol–water partition coefficient (Wildman–Crippen LogP) is 2.39. The Morgan fingerprint density at radius 1 is 1.41 bits per heavy atom. The van der Waals surface area contributed by atoms with Gasteiger partial charge in [-0.2, -0.15) is 0 Å². The number of aliphatic hydroxyl groups is 1. The minimum atomic E-state index is -0.274. The molecule has 5 heteroatoms. The van der Waals surface area contributed by atoms with Gasteiger partial charge in [-0.1, -0.05) is 18.2 Å². The third-order valence-electron chi connectivity index (χ3n) is 3.65. The number of carbonyl (C=O) groups excluding carboxylic acids is 1. The number of hydrogen-bond acceptors (Lipinski definition) is 3. The fourth-order valence-corrected chi connectivity index (χ4v) is 2.53. The maximum absolute atomic E-state index is 12.2. The molecule has 2 rings (SSSR count). The van der Waals surface area contributed by atoms with Crippen molar-refractivity contribution in [1.82, 2.24) is 10.2 Å². The Hall–Kier alpha value is -1.75. The Bertz CT molecular complexity index is 511. The van der Waals surface area contributed by atoms with Gasteiger partial charge >= 0.3 is 6.03 Å². The molecule has 1 aromatic carbocycles. The second kappa shape index (κ2) is 7.01. The largest absolute Gasteiger partial charge is 0.488 e. The Balaban J connectivity index is 1.93. The van der Waals surface area contributed by atoms with E-state index in [1.807, 2.05) is 45.0 Å². The Morgan fingerprint density at radius 2 is 2.14 bits per heavy atom. The molecule has 5 nitrogen and oxygen atoms in total. The number of carbonyl (C=O) groups is 1. The molecule has 0 radical (unpaired) electrons. The van der Waals surface area contributed by atoms with Crippen molar-refractivity contribution in [3.63, 3.8) is 0 Å². The van der Waals surface area contributed by atoms with Gasteiger partial charge in [0, 0.05) is 37.7 Å². The fraction of sp³-hybridized carbons (Fsp3) is 0.588. The first-order valence-electron chi connectivity index (χ1n) is 7.79. The van der Waals surface area contributed by atoms with Crippen LogP contribution < -0.4 is 10.1 Å². The summed E-state index contributed by atoms with van der Waals surface area (Å²) in [7, 11) is 0. The zero-order chi connectivity index (χ0) is 16.2. The van der Waals surface area contributed by atoms with E-state index >= 15 is 0 Å². The van der Waals surface area contributed by atoms with Gasteiger partial charge in [0.2, 0.25) is 0 Å². The number of aliphatic hydroxyl groups excluding tert-OH is 1. The summed E-state index contributed by atoms with van der Waals surface area (Å²) in [5.74, 6) is 1.01. The molecule has 22 heavy (non-hydrogen) atoms. The molecule has 0 spiro atoms. The lowest BCUT2D eigenvalue weighted by molar-refractivity contribution is 0.129. The molecule has 2 N–H and O–H groups in total. The first-order chi connectivity index (χ1) is 10.4. The highest BCUT2D eigenvalue weighted by molar-refractivity contribution is 5.74. The molecule has 0 saturated carbocycles. The summed E-state index contributed by atoms with van der Waals surface area (Å²) in [6, 6.07) is 7.67. The van der Waals surface area contributed by atoms with Crippen molar-refractivity contribution in [2.24, 2.45) is 5.92 Å². The minimum Gasteiger partial charge on any atom is -0.488 e. The molecule has 0 aromatic heterocycles. The summed E-state index contributed by atoms with van der Waals surface area (Å²) < 4.78 is 5.93. The topological polar surface area (TPSA) is 61.8 Å². The number of benzene rings is 1. The zero-order valence-corrected chi connectivity index (χ0v) is 13.6. The van der Waals surface area contributed by atoms with E-state index in [-0.39, 0.29) is 24.2 Å². The molecule has 1 aromatic rings. The first-order valence-corrected chi connectivity index (χ1v) is 7.79. The van der Waals surface area contributed by atoms with Crippen molar-refractivity contribution < 1.29 is 14.6 Å². The monoisotopic (exact) mass is 306 g/mol. The molecule has 1 heterocycles. The average Bonchev–Trinajstić information content (AvgIpc) is 2.93. The molecule has 2 amide bonds. The highest BCUT2D eigenvalue weighted by Gasteiger charge is 2.25. The average molecular weight is 306 g/mol. The standard InChI is InChI=1S/C17H26N2O3/c1-17(2,3)22-15-7-5-4-6-14(15)10-18-16(21)19-9-8-13(11-19)12-20/h4-7,13,20H,8-12H2,1-3H3,(H,18,21). The third-order valence-corrected chi connectivity index (χ3v) is 3.65. The summed E-state index contributed by atoms with van der Waals surface area (Å²) in [5.41, 5.74) is 0.687. The molecular weight excluding hydrogens is 280 g/mol. The highest BCUT2D eigenvalue weighted by Crippen LogP contribution is 2.23. The van der Waals surface area contributed by atoms with Gasteiger partial charge in [0.15, 0.2) is 0 Å². The quantitative estimate of drug-likeness (QED) is 0.898. The Labute approximate surface area is 132 Å². The number of likely N-dealkylation sites (tertiary alicyclic amines) is 1. The van der Waals surface area contributed by atoms with Gasteiger partial charge in [0.25, 0.3) is 0 Å². The van der Waals surface area contributed by atoms with Crippen LogP contribution in [0.15, 0.2) is 24.3 Å². The Kier molecular flexibility index (Phi) is 5.29. The van der Waals surface area contributed by atoms with Gasteiger partial charge in [-0.15, -0.1) is 0 Å². The number of amides is 2. The second-order valence-corrected chi connectivity index (χ2v) is 6.76. The summed E-state index contributed by atoms with van der Waals surface area (Å²) in [6.45, 7) is 7.92. The van der Waals surface area contributed by atoms with Crippen molar-refractivity contribution in [3.05, 3.63) is 29.8 Å². The van der Waals surface area contributed by atoms with E-state index in [1.54, 1.807) is 4.90 Å². The van der Waals surface area contributed by atoms with Crippen LogP contribution >= 0.6 is 0 Å². The molecule has 0 aliphatic carbocycles. The van der Waals surface area contributed by atoms with Gasteiger partial charge < -0.3 is 20.1 Å². The lowest BCUT2D eigenvalue weighted by Gasteiger charge is -2.24. The van der Waals surface area contributed by atoms with Crippen molar-refractivity contribution in [2.45, 2.75) is 39.3 Å². The van der Waals surface area contributed by atoms with Crippen LogP contribution in [0.5, 0.6) is 5.75 Å². The van der Waals surface area contributed by atoms with Crippen LogP contribution in [0.1, 0.15) is 32.8 Å². The van der Waals surface area contributed by atoms with E-state index in [0.29, 0.717) is 19.6 Å². The maximum Gasteiger partial charge on any atom is 0.317 e. The molecular formula is C17H26N2O3. The predicted molar refractivity (Wildman–Crippen MR) is 85.8 cm³/mol. The smallest absolute Gasteiger partial charge is 0.317 e. The van der Waals surface area contributed by atoms with Crippen LogP contribution in [0, 0.1) is 5.92 Å². The lowest BCUT2D eigenvalue weighted by atomic mass is 10.1. The summed E-state index contributed by atoms with van der Waals surface area (Å²) in [5, 5.41) is 12.1. The van der Waals surface area contributed by atoms with Crippen LogP contribution in [0.2, 0.25) is 0 Å². The number of nitrogens with zero attached hydrogens (tertiary/aromatic N) is 1. The SMILES string of the molecule is CC(C)(C)Oc1ccccc1CNC(=O)N1CCC(CO)C1. The highest BCUT2D eigenvalue weighted by atomic mass is 16.5. The fourth-order valence-electron chi connectivity index (χ4n) is 2.53. The molecule has 122 valence electrons. The molecule has 1 saturated heterocycles. The molecule has 1 aliphatic rings. The minimum absolute atomic E-state index is 0.0819. The summed E-state index contributed by atoms with van der Waals surface area (Å²) >= 11 is 0. The molecule has 1 atom stereocenters. The van der Waals surface area contributed by atoms with Crippen molar-refractivity contribution in [2.75, 3.05) is 19.7 Å². The molecule has 0 bridgehead atoms. The van der Waals surface area contributed by atoms with Crippen LogP contribution in [0.25, 0.3) is 0 Å². The molecule has 1 aliphatic heterocycles. The third kappa shape index (κ3) is 4.63. The van der Waals surface area contributed by atoms with Gasteiger partial charge in [0.05, 0.1) is 0 Å². The van der Waals surface area contributed by atoms with Crippen LogP contribution in [0.4, 0.5) is 4.79 Å². The number of ether oxygens (including phenoxy) is 1. The van der Waals surface area contributed by atoms with Crippen molar-refractivity contribution in [1.29, 1.82) is 0 Å². The summed E-state index contributed by atoms with van der Waals surface area (Å²) in [4.78, 5) is 13.9. The van der Waals surface area contributed by atoms with E-state index in [0.717, 1.165) is 17.7 Å². The number of nitrogens with one attached hydrogen (secondary N) is 1. The Morgan fingerprint density at radius 3 is 2.77 bits per heavy atom. The van der Waals surface area contributed by atoms with Gasteiger partial charge in [-0.25, -0.2) is 4.79 Å². The van der Waals surface area contributed by atoms with E-state index in [9.17, 15) is 4.79 Å². The van der Waals surface area contributed by atoms with Crippen molar-refractivity contribution in [3.8, 4) is 5.75 Å². The number of para-hydroxylation sites is 1. The van der Waals surface area contributed by atoms with Gasteiger partial charge in [-0.3, -0.25) is 0 Å². The van der Waals surface area contributed by atoms with Crippen LogP contribution in [-0.4, -0.2) is 41.3 Å².